The lowest BCUT2D eigenvalue weighted by atomic mass is 10.3. The number of carbonyl (C=O) groups excluding carboxylic acids is 1. The Morgan fingerprint density at radius 2 is 2.36 bits per heavy atom. The molecule has 0 fully saturated rings. The van der Waals surface area contributed by atoms with Crippen molar-refractivity contribution in [1.82, 2.24) is 9.88 Å². The van der Waals surface area contributed by atoms with Crippen molar-refractivity contribution in [2.24, 2.45) is 0 Å². The molecule has 0 aromatic carbocycles. The van der Waals surface area contributed by atoms with Crippen LogP contribution in [0.1, 0.15) is 12.6 Å². The van der Waals surface area contributed by atoms with Gasteiger partial charge in [-0.3, -0.25) is 4.98 Å². The second-order valence-electron chi connectivity index (χ2n) is 2.88. The van der Waals surface area contributed by atoms with Crippen LogP contribution in [0, 0.1) is 0 Å². The van der Waals surface area contributed by atoms with Crippen molar-refractivity contribution in [1.29, 1.82) is 0 Å². The molecule has 0 bridgehead atoms. The lowest BCUT2D eigenvalue weighted by Crippen LogP contribution is -2.27. The fraction of sp³-hybridized carbons (Fsp3) is 0.400. The van der Waals surface area contributed by atoms with Crippen LogP contribution in [0.25, 0.3) is 0 Å². The first-order valence-electron chi connectivity index (χ1n) is 4.52. The predicted octanol–water partition coefficient (Wildman–Crippen LogP) is 1.67. The maximum Gasteiger partial charge on any atom is 0.409 e. The summed E-state index contributed by atoms with van der Waals surface area (Å²) in [5.74, 6) is 0. The number of rotatable bonds is 3. The standard InChI is InChI=1S/C10H14N2O2/c1-3-14-10(13)12(2)8-9-6-4-5-7-11-9/h4-7H,3,8H2,1-2H3. The highest BCUT2D eigenvalue weighted by molar-refractivity contribution is 5.67. The molecular weight excluding hydrogens is 180 g/mol. The summed E-state index contributed by atoms with van der Waals surface area (Å²) < 4.78 is 4.84. The molecule has 0 spiro atoms. The molecule has 0 N–H and O–H groups in total. The highest BCUT2D eigenvalue weighted by atomic mass is 16.5. The fourth-order valence-electron chi connectivity index (χ4n) is 1.03. The first kappa shape index (κ1) is 10.5. The zero-order chi connectivity index (χ0) is 10.4. The number of amides is 1. The Kier molecular flexibility index (Phi) is 3.91. The number of aromatic nitrogens is 1. The van der Waals surface area contributed by atoms with Gasteiger partial charge in [-0.1, -0.05) is 6.07 Å². The Hall–Kier alpha value is -1.58. The molecule has 0 aliphatic heterocycles. The van der Waals surface area contributed by atoms with Crippen LogP contribution < -0.4 is 0 Å². The van der Waals surface area contributed by atoms with Crippen molar-refractivity contribution in [3.63, 3.8) is 0 Å². The molecule has 0 saturated carbocycles. The summed E-state index contributed by atoms with van der Waals surface area (Å²) in [7, 11) is 1.69. The summed E-state index contributed by atoms with van der Waals surface area (Å²) in [5, 5.41) is 0. The predicted molar refractivity (Wildman–Crippen MR) is 52.7 cm³/mol. The zero-order valence-corrected chi connectivity index (χ0v) is 8.43. The van der Waals surface area contributed by atoms with E-state index in [1.807, 2.05) is 18.2 Å². The molecule has 4 nitrogen and oxygen atoms in total. The van der Waals surface area contributed by atoms with E-state index in [4.69, 9.17) is 4.74 Å². The van der Waals surface area contributed by atoms with Crippen LogP contribution in [-0.2, 0) is 11.3 Å². The number of pyridine rings is 1. The van der Waals surface area contributed by atoms with Crippen molar-refractivity contribution in [3.8, 4) is 0 Å². The highest BCUT2D eigenvalue weighted by Gasteiger charge is 2.09. The smallest absolute Gasteiger partial charge is 0.409 e. The normalized spacial score (nSPS) is 9.57. The number of hydrogen-bond donors (Lipinski definition) is 0. The average Bonchev–Trinajstić information content (AvgIpc) is 2.19. The van der Waals surface area contributed by atoms with Gasteiger partial charge in [-0.2, -0.15) is 0 Å². The summed E-state index contributed by atoms with van der Waals surface area (Å²) in [6.45, 7) is 2.65. The van der Waals surface area contributed by atoms with E-state index in [9.17, 15) is 4.79 Å². The van der Waals surface area contributed by atoms with Gasteiger partial charge in [-0.15, -0.1) is 0 Å². The zero-order valence-electron chi connectivity index (χ0n) is 8.43. The Labute approximate surface area is 83.5 Å². The molecule has 1 aromatic heterocycles. The van der Waals surface area contributed by atoms with Crippen molar-refractivity contribution in [3.05, 3.63) is 30.1 Å². The molecule has 0 aliphatic rings. The monoisotopic (exact) mass is 194 g/mol. The Balaban J connectivity index is 2.49. The molecule has 0 radical (unpaired) electrons. The summed E-state index contributed by atoms with van der Waals surface area (Å²) >= 11 is 0. The van der Waals surface area contributed by atoms with Crippen molar-refractivity contribution < 1.29 is 9.53 Å². The van der Waals surface area contributed by atoms with Gasteiger partial charge in [0.2, 0.25) is 0 Å². The molecule has 0 saturated heterocycles. The third-order valence-corrected chi connectivity index (χ3v) is 1.70. The van der Waals surface area contributed by atoms with E-state index in [0.29, 0.717) is 13.2 Å². The van der Waals surface area contributed by atoms with E-state index >= 15 is 0 Å². The fourth-order valence-corrected chi connectivity index (χ4v) is 1.03. The molecule has 1 rings (SSSR count). The van der Waals surface area contributed by atoms with Crippen molar-refractivity contribution in [2.75, 3.05) is 13.7 Å². The minimum absolute atomic E-state index is 0.321. The molecule has 4 heteroatoms. The van der Waals surface area contributed by atoms with Crippen LogP contribution in [0.15, 0.2) is 24.4 Å². The van der Waals surface area contributed by atoms with E-state index in [0.717, 1.165) is 5.69 Å². The van der Waals surface area contributed by atoms with E-state index < -0.39 is 0 Å². The number of carbonyl (C=O) groups is 1. The van der Waals surface area contributed by atoms with Crippen LogP contribution in [0.4, 0.5) is 4.79 Å². The number of nitrogens with zero attached hydrogens (tertiary/aromatic N) is 2. The van der Waals surface area contributed by atoms with Gasteiger partial charge in [-0.05, 0) is 19.1 Å². The van der Waals surface area contributed by atoms with Gasteiger partial charge in [0.05, 0.1) is 18.8 Å². The lowest BCUT2D eigenvalue weighted by molar-refractivity contribution is 0.113. The molecule has 0 unspecified atom stereocenters. The number of ether oxygens (including phenoxy) is 1. The quantitative estimate of drug-likeness (QED) is 0.735. The Morgan fingerprint density at radius 3 is 2.93 bits per heavy atom. The summed E-state index contributed by atoms with van der Waals surface area (Å²) in [6.07, 6.45) is 1.38. The van der Waals surface area contributed by atoms with Crippen LogP contribution in [0.5, 0.6) is 0 Å². The Morgan fingerprint density at radius 1 is 1.57 bits per heavy atom. The van der Waals surface area contributed by atoms with Crippen LogP contribution >= 0.6 is 0 Å². The second-order valence-corrected chi connectivity index (χ2v) is 2.88. The molecular formula is C10H14N2O2. The third-order valence-electron chi connectivity index (χ3n) is 1.70. The summed E-state index contributed by atoms with van der Waals surface area (Å²) in [6, 6.07) is 5.60. The van der Waals surface area contributed by atoms with Crippen LogP contribution in [0.3, 0.4) is 0 Å². The Bertz CT molecular complexity index is 287. The van der Waals surface area contributed by atoms with E-state index in [2.05, 4.69) is 4.98 Å². The second kappa shape index (κ2) is 5.21. The van der Waals surface area contributed by atoms with E-state index in [1.165, 1.54) is 4.90 Å². The maximum absolute atomic E-state index is 11.2. The average molecular weight is 194 g/mol. The van der Waals surface area contributed by atoms with Gasteiger partial charge in [0.25, 0.3) is 0 Å². The summed E-state index contributed by atoms with van der Waals surface area (Å²) in [4.78, 5) is 16.8. The minimum atomic E-state index is -0.321. The highest BCUT2D eigenvalue weighted by Crippen LogP contribution is 2.00. The third kappa shape index (κ3) is 3.05. The topological polar surface area (TPSA) is 42.4 Å². The van der Waals surface area contributed by atoms with Gasteiger partial charge < -0.3 is 9.64 Å². The van der Waals surface area contributed by atoms with Crippen LogP contribution in [-0.4, -0.2) is 29.6 Å². The number of hydrogen-bond acceptors (Lipinski definition) is 3. The van der Waals surface area contributed by atoms with Crippen LogP contribution in [0.2, 0.25) is 0 Å². The molecule has 0 aliphatic carbocycles. The van der Waals surface area contributed by atoms with Crippen molar-refractivity contribution >= 4 is 6.09 Å². The minimum Gasteiger partial charge on any atom is -0.450 e. The van der Waals surface area contributed by atoms with Gasteiger partial charge in [0.15, 0.2) is 0 Å². The van der Waals surface area contributed by atoms with Gasteiger partial charge in [0, 0.05) is 13.2 Å². The van der Waals surface area contributed by atoms with Gasteiger partial charge in [-0.25, -0.2) is 4.79 Å². The molecule has 1 aromatic rings. The maximum atomic E-state index is 11.2. The molecule has 0 atom stereocenters. The lowest BCUT2D eigenvalue weighted by Gasteiger charge is -2.15. The van der Waals surface area contributed by atoms with Crippen molar-refractivity contribution in [2.45, 2.75) is 13.5 Å². The van der Waals surface area contributed by atoms with E-state index in [1.54, 1.807) is 20.2 Å². The molecule has 1 amide bonds. The first-order chi connectivity index (χ1) is 6.74. The van der Waals surface area contributed by atoms with Gasteiger partial charge in [0.1, 0.15) is 0 Å². The first-order valence-corrected chi connectivity index (χ1v) is 4.52. The molecule has 76 valence electrons. The largest absolute Gasteiger partial charge is 0.450 e. The molecule has 1 heterocycles. The van der Waals surface area contributed by atoms with Gasteiger partial charge >= 0.3 is 6.09 Å². The SMILES string of the molecule is CCOC(=O)N(C)Cc1ccccn1. The molecule has 14 heavy (non-hydrogen) atoms. The van der Waals surface area contributed by atoms with E-state index in [-0.39, 0.29) is 6.09 Å². The summed E-state index contributed by atoms with van der Waals surface area (Å²) in [5.41, 5.74) is 0.850.